The van der Waals surface area contributed by atoms with E-state index in [2.05, 4.69) is 54.9 Å². The van der Waals surface area contributed by atoms with Crippen LogP contribution in [-0.2, 0) is 19.3 Å². The highest BCUT2D eigenvalue weighted by Gasteiger charge is 2.12. The molecule has 0 saturated carbocycles. The third kappa shape index (κ3) is 2.44. The predicted octanol–water partition coefficient (Wildman–Crippen LogP) is 5.07. The first kappa shape index (κ1) is 13.5. The van der Waals surface area contributed by atoms with Gasteiger partial charge in [-0.1, -0.05) is 49.2 Å². The zero-order valence-corrected chi connectivity index (χ0v) is 13.0. The summed E-state index contributed by atoms with van der Waals surface area (Å²) in [6.45, 7) is 6.69. The van der Waals surface area contributed by atoms with Crippen LogP contribution in [0.5, 0.6) is 0 Å². The second-order valence-corrected chi connectivity index (χ2v) is 5.55. The van der Waals surface area contributed by atoms with Crippen molar-refractivity contribution in [2.45, 2.75) is 46.5 Å². The molecule has 0 spiro atoms. The largest absolute Gasteiger partial charge is 0.253 e. The summed E-state index contributed by atoms with van der Waals surface area (Å²) in [7, 11) is 0. The average Bonchev–Trinajstić information content (AvgIpc) is 2.38. The standard InChI is InChI=1S/C16H20BrN/c1-4-7-13-12(5-2)14-9-8-11(17)10-16(14)18-15(13)6-3/h8-10H,4-7H2,1-3H3. The summed E-state index contributed by atoms with van der Waals surface area (Å²) >= 11 is 3.53. The van der Waals surface area contributed by atoms with E-state index >= 15 is 0 Å². The molecule has 18 heavy (non-hydrogen) atoms. The van der Waals surface area contributed by atoms with Crippen LogP contribution in [0.2, 0.25) is 0 Å². The van der Waals surface area contributed by atoms with Crippen molar-refractivity contribution in [2.75, 3.05) is 0 Å². The van der Waals surface area contributed by atoms with E-state index in [0.717, 1.165) is 29.3 Å². The lowest BCUT2D eigenvalue weighted by Gasteiger charge is -2.15. The lowest BCUT2D eigenvalue weighted by atomic mass is 9.94. The number of hydrogen-bond donors (Lipinski definition) is 0. The van der Waals surface area contributed by atoms with Crippen LogP contribution in [0.4, 0.5) is 0 Å². The van der Waals surface area contributed by atoms with Crippen LogP contribution in [0.15, 0.2) is 22.7 Å². The zero-order valence-electron chi connectivity index (χ0n) is 11.4. The summed E-state index contributed by atoms with van der Waals surface area (Å²) in [4.78, 5) is 4.85. The average molecular weight is 306 g/mol. The van der Waals surface area contributed by atoms with E-state index in [1.54, 1.807) is 0 Å². The molecule has 1 nitrogen and oxygen atoms in total. The Balaban J connectivity index is 2.76. The third-order valence-electron chi connectivity index (χ3n) is 3.44. The van der Waals surface area contributed by atoms with Gasteiger partial charge in [0.25, 0.3) is 0 Å². The lowest BCUT2D eigenvalue weighted by Crippen LogP contribution is -2.03. The summed E-state index contributed by atoms with van der Waals surface area (Å²) in [5.74, 6) is 0. The van der Waals surface area contributed by atoms with Gasteiger partial charge in [0.15, 0.2) is 0 Å². The van der Waals surface area contributed by atoms with Crippen molar-refractivity contribution in [1.82, 2.24) is 4.98 Å². The first-order chi connectivity index (χ1) is 8.71. The van der Waals surface area contributed by atoms with Gasteiger partial charge in [0, 0.05) is 15.6 Å². The van der Waals surface area contributed by atoms with Crippen molar-refractivity contribution in [2.24, 2.45) is 0 Å². The monoisotopic (exact) mass is 305 g/mol. The molecule has 0 atom stereocenters. The molecule has 0 N–H and O–H groups in total. The molecule has 2 aromatic rings. The molecule has 0 aliphatic rings. The summed E-state index contributed by atoms with van der Waals surface area (Å²) in [6, 6.07) is 6.44. The quantitative estimate of drug-likeness (QED) is 0.768. The highest BCUT2D eigenvalue weighted by molar-refractivity contribution is 9.10. The number of nitrogens with zero attached hydrogens (tertiary/aromatic N) is 1. The van der Waals surface area contributed by atoms with Crippen LogP contribution in [-0.4, -0.2) is 4.98 Å². The Morgan fingerprint density at radius 1 is 1.06 bits per heavy atom. The number of aryl methyl sites for hydroxylation is 2. The van der Waals surface area contributed by atoms with Gasteiger partial charge in [-0.15, -0.1) is 0 Å². The minimum atomic E-state index is 1.02. The highest BCUT2D eigenvalue weighted by Crippen LogP contribution is 2.27. The van der Waals surface area contributed by atoms with E-state index in [-0.39, 0.29) is 0 Å². The van der Waals surface area contributed by atoms with Crippen molar-refractivity contribution in [3.05, 3.63) is 39.5 Å². The Morgan fingerprint density at radius 3 is 2.44 bits per heavy atom. The molecule has 2 rings (SSSR count). The van der Waals surface area contributed by atoms with Gasteiger partial charge in [-0.2, -0.15) is 0 Å². The summed E-state index contributed by atoms with van der Waals surface area (Å²) in [5.41, 5.74) is 5.38. The number of rotatable bonds is 4. The van der Waals surface area contributed by atoms with Crippen LogP contribution in [0.1, 0.15) is 44.0 Å². The fourth-order valence-corrected chi connectivity index (χ4v) is 2.99. The number of halogens is 1. The van der Waals surface area contributed by atoms with Gasteiger partial charge >= 0.3 is 0 Å². The molecule has 1 aromatic heterocycles. The first-order valence-corrected chi connectivity index (χ1v) is 7.60. The van der Waals surface area contributed by atoms with Gasteiger partial charge in [0.1, 0.15) is 0 Å². The minimum Gasteiger partial charge on any atom is -0.253 e. The van der Waals surface area contributed by atoms with Crippen LogP contribution in [0.3, 0.4) is 0 Å². The number of hydrogen-bond acceptors (Lipinski definition) is 1. The topological polar surface area (TPSA) is 12.9 Å². The van der Waals surface area contributed by atoms with E-state index in [1.807, 2.05) is 0 Å². The van der Waals surface area contributed by atoms with Crippen LogP contribution in [0.25, 0.3) is 10.9 Å². The van der Waals surface area contributed by atoms with E-state index in [9.17, 15) is 0 Å². The molecule has 1 heterocycles. The van der Waals surface area contributed by atoms with E-state index in [1.165, 1.54) is 28.6 Å². The van der Waals surface area contributed by atoms with Crippen LogP contribution in [0, 0.1) is 0 Å². The Hall–Kier alpha value is -0.890. The fourth-order valence-electron chi connectivity index (χ4n) is 2.64. The molecule has 96 valence electrons. The Morgan fingerprint density at radius 2 is 1.83 bits per heavy atom. The number of fused-ring (bicyclic) bond motifs is 1. The van der Waals surface area contributed by atoms with Crippen LogP contribution < -0.4 is 0 Å². The molecule has 0 unspecified atom stereocenters. The molecule has 0 saturated heterocycles. The number of aromatic nitrogens is 1. The van der Waals surface area contributed by atoms with Gasteiger partial charge in [0.05, 0.1) is 5.52 Å². The summed E-state index contributed by atoms with van der Waals surface area (Å²) < 4.78 is 1.11. The van der Waals surface area contributed by atoms with Crippen molar-refractivity contribution in [3.8, 4) is 0 Å². The minimum absolute atomic E-state index is 1.02. The molecular formula is C16H20BrN. The van der Waals surface area contributed by atoms with Crippen molar-refractivity contribution < 1.29 is 0 Å². The molecular weight excluding hydrogens is 286 g/mol. The Bertz CT molecular complexity index is 561. The Kier molecular flexibility index (Phi) is 4.39. The molecule has 2 heteroatoms. The normalized spacial score (nSPS) is 11.1. The SMILES string of the molecule is CCCc1c(CC)nc2cc(Br)ccc2c1CC. The molecule has 0 amide bonds. The third-order valence-corrected chi connectivity index (χ3v) is 3.93. The maximum Gasteiger partial charge on any atom is 0.0719 e. The number of pyridine rings is 1. The zero-order chi connectivity index (χ0) is 13.1. The smallest absolute Gasteiger partial charge is 0.0719 e. The van der Waals surface area contributed by atoms with Crippen molar-refractivity contribution >= 4 is 26.8 Å². The summed E-state index contributed by atoms with van der Waals surface area (Å²) in [5, 5.41) is 1.32. The molecule has 0 aliphatic heterocycles. The van der Waals surface area contributed by atoms with E-state index in [0.29, 0.717) is 0 Å². The number of benzene rings is 1. The van der Waals surface area contributed by atoms with Gasteiger partial charge in [0.2, 0.25) is 0 Å². The highest BCUT2D eigenvalue weighted by atomic mass is 79.9. The predicted molar refractivity (Wildman–Crippen MR) is 82.2 cm³/mol. The van der Waals surface area contributed by atoms with Gasteiger partial charge in [-0.3, -0.25) is 4.98 Å². The lowest BCUT2D eigenvalue weighted by molar-refractivity contribution is 0.862. The molecule has 1 aromatic carbocycles. The van der Waals surface area contributed by atoms with Gasteiger partial charge in [-0.25, -0.2) is 0 Å². The molecule has 0 radical (unpaired) electrons. The molecule has 0 fully saturated rings. The maximum atomic E-state index is 4.85. The van der Waals surface area contributed by atoms with Crippen LogP contribution >= 0.6 is 15.9 Å². The second-order valence-electron chi connectivity index (χ2n) is 4.63. The van der Waals surface area contributed by atoms with Gasteiger partial charge in [-0.05, 0) is 42.5 Å². The first-order valence-electron chi connectivity index (χ1n) is 6.81. The van der Waals surface area contributed by atoms with Crippen molar-refractivity contribution in [1.29, 1.82) is 0 Å². The van der Waals surface area contributed by atoms with Crippen molar-refractivity contribution in [3.63, 3.8) is 0 Å². The second kappa shape index (κ2) is 5.83. The molecule has 0 bridgehead atoms. The fraction of sp³-hybridized carbons (Fsp3) is 0.438. The summed E-state index contributed by atoms with van der Waals surface area (Å²) in [6.07, 6.45) is 4.43. The molecule has 0 aliphatic carbocycles. The van der Waals surface area contributed by atoms with E-state index in [4.69, 9.17) is 4.98 Å². The Labute approximate surface area is 118 Å². The van der Waals surface area contributed by atoms with E-state index < -0.39 is 0 Å². The maximum absolute atomic E-state index is 4.85. The van der Waals surface area contributed by atoms with Gasteiger partial charge < -0.3 is 0 Å².